The third-order valence-electron chi connectivity index (χ3n) is 6.07. The van der Waals surface area contributed by atoms with E-state index in [4.69, 9.17) is 9.26 Å². The molecule has 0 saturated heterocycles. The van der Waals surface area contributed by atoms with E-state index in [1.165, 1.54) is 0 Å². The lowest BCUT2D eigenvalue weighted by molar-refractivity contribution is -0.116. The van der Waals surface area contributed by atoms with E-state index in [1.807, 2.05) is 43.3 Å². The number of carbonyl (C=O) groups is 1. The monoisotopic (exact) mass is 402 g/mol. The lowest BCUT2D eigenvalue weighted by atomic mass is 9.72. The number of para-hydroxylation sites is 1. The Hall–Kier alpha value is -3.54. The molecule has 1 aromatic heterocycles. The Kier molecular flexibility index (Phi) is 4.35. The Morgan fingerprint density at radius 2 is 1.90 bits per heavy atom. The lowest BCUT2D eigenvalue weighted by Gasteiger charge is -2.34. The van der Waals surface area contributed by atoms with Gasteiger partial charge in [0.1, 0.15) is 11.5 Å². The van der Waals surface area contributed by atoms with E-state index in [0.29, 0.717) is 18.7 Å². The lowest BCUT2D eigenvalue weighted by Crippen LogP contribution is -2.29. The van der Waals surface area contributed by atoms with Gasteiger partial charge >= 0.3 is 0 Å². The number of anilines is 1. The minimum Gasteiger partial charge on any atom is -0.508 e. The number of carbonyl (C=O) groups excluding carboxylic acids is 1. The van der Waals surface area contributed by atoms with Crippen LogP contribution in [0.25, 0.3) is 0 Å². The summed E-state index contributed by atoms with van der Waals surface area (Å²) < 4.78 is 11.2. The molecule has 2 aliphatic rings. The first-order valence-electron chi connectivity index (χ1n) is 9.98. The zero-order valence-corrected chi connectivity index (χ0v) is 16.8. The van der Waals surface area contributed by atoms with E-state index in [0.717, 1.165) is 39.4 Å². The summed E-state index contributed by atoms with van der Waals surface area (Å²) in [5.74, 6) is 1.39. The topological polar surface area (TPSA) is 84.6 Å². The quantitative estimate of drug-likeness (QED) is 0.663. The molecule has 0 fully saturated rings. The number of phenols is 1. The summed E-state index contributed by atoms with van der Waals surface area (Å²) in [5, 5.41) is 17.1. The molecule has 152 valence electrons. The molecule has 1 aliphatic carbocycles. The molecule has 0 radical (unpaired) electrons. The molecule has 2 atom stereocenters. The molecule has 30 heavy (non-hydrogen) atoms. The van der Waals surface area contributed by atoms with Crippen LogP contribution in [0.3, 0.4) is 0 Å². The van der Waals surface area contributed by atoms with Gasteiger partial charge in [-0.15, -0.1) is 0 Å². The van der Waals surface area contributed by atoms with Crippen molar-refractivity contribution in [2.24, 2.45) is 0 Å². The summed E-state index contributed by atoms with van der Waals surface area (Å²) in [6.45, 7) is 1.89. The summed E-state index contributed by atoms with van der Waals surface area (Å²) >= 11 is 0. The van der Waals surface area contributed by atoms with Crippen molar-refractivity contribution < 1.29 is 19.2 Å². The molecule has 1 aliphatic heterocycles. The molecule has 5 rings (SSSR count). The van der Waals surface area contributed by atoms with Gasteiger partial charge in [-0.05, 0) is 43.0 Å². The predicted octanol–water partition coefficient (Wildman–Crippen LogP) is 4.66. The number of phenolic OH excluding ortho intramolecular Hbond substituents is 1. The van der Waals surface area contributed by atoms with E-state index in [9.17, 15) is 9.90 Å². The smallest absolute Gasteiger partial charge is 0.233 e. The summed E-state index contributed by atoms with van der Waals surface area (Å²) in [6.07, 6.45) is 1.09. The second-order valence-electron chi connectivity index (χ2n) is 7.82. The van der Waals surface area contributed by atoms with Crippen LogP contribution in [0.4, 0.5) is 5.88 Å². The predicted molar refractivity (Wildman–Crippen MR) is 112 cm³/mol. The van der Waals surface area contributed by atoms with Crippen LogP contribution in [0.15, 0.2) is 64.3 Å². The molecule has 2 aromatic carbocycles. The summed E-state index contributed by atoms with van der Waals surface area (Å²) in [4.78, 5) is 13.5. The molecule has 6 heteroatoms. The van der Waals surface area contributed by atoms with E-state index in [-0.39, 0.29) is 23.4 Å². The first kappa shape index (κ1) is 18.5. The van der Waals surface area contributed by atoms with Crippen LogP contribution < -0.4 is 10.1 Å². The van der Waals surface area contributed by atoms with Crippen molar-refractivity contribution in [2.45, 2.75) is 31.6 Å². The highest BCUT2D eigenvalue weighted by molar-refractivity contribution is 6.01. The first-order valence-corrected chi connectivity index (χ1v) is 9.98. The third kappa shape index (κ3) is 2.87. The van der Waals surface area contributed by atoms with Gasteiger partial charge in [-0.2, -0.15) is 0 Å². The van der Waals surface area contributed by atoms with Crippen molar-refractivity contribution >= 4 is 11.7 Å². The zero-order chi connectivity index (χ0) is 20.8. The number of aromatic hydroxyl groups is 1. The van der Waals surface area contributed by atoms with Gasteiger partial charge < -0.3 is 19.7 Å². The van der Waals surface area contributed by atoms with Crippen LogP contribution in [0.5, 0.6) is 11.5 Å². The van der Waals surface area contributed by atoms with Crippen LogP contribution in [0, 0.1) is 6.92 Å². The fourth-order valence-corrected chi connectivity index (χ4v) is 4.67. The highest BCUT2D eigenvalue weighted by Gasteiger charge is 2.42. The van der Waals surface area contributed by atoms with Crippen LogP contribution in [-0.4, -0.2) is 23.2 Å². The number of ketones is 1. The number of nitrogens with zero attached hydrogens (tertiary/aromatic N) is 1. The van der Waals surface area contributed by atoms with Crippen molar-refractivity contribution in [2.75, 3.05) is 12.4 Å². The Morgan fingerprint density at radius 1 is 1.13 bits per heavy atom. The van der Waals surface area contributed by atoms with E-state index in [1.54, 1.807) is 19.2 Å². The van der Waals surface area contributed by atoms with Gasteiger partial charge in [0.2, 0.25) is 5.88 Å². The molecule has 2 unspecified atom stereocenters. The molecule has 0 spiro atoms. The molecule has 0 amide bonds. The molecular formula is C24H22N2O4. The fraction of sp³-hybridized carbons (Fsp3) is 0.250. The van der Waals surface area contributed by atoms with Gasteiger partial charge in [0, 0.05) is 23.3 Å². The van der Waals surface area contributed by atoms with Gasteiger partial charge in [-0.1, -0.05) is 35.5 Å². The largest absolute Gasteiger partial charge is 0.508 e. The van der Waals surface area contributed by atoms with Crippen molar-refractivity contribution in [3.8, 4) is 11.5 Å². The molecule has 2 heterocycles. The number of hydrogen-bond acceptors (Lipinski definition) is 6. The summed E-state index contributed by atoms with van der Waals surface area (Å²) in [7, 11) is 1.64. The molecule has 2 N–H and O–H groups in total. The van der Waals surface area contributed by atoms with Gasteiger partial charge in [0.25, 0.3) is 0 Å². The maximum Gasteiger partial charge on any atom is 0.233 e. The highest BCUT2D eigenvalue weighted by atomic mass is 16.5. The first-order chi connectivity index (χ1) is 14.6. The van der Waals surface area contributed by atoms with Crippen molar-refractivity contribution in [3.63, 3.8) is 0 Å². The maximum atomic E-state index is 13.5. The third-order valence-corrected chi connectivity index (χ3v) is 6.07. The van der Waals surface area contributed by atoms with Crippen molar-refractivity contribution in [1.29, 1.82) is 0 Å². The van der Waals surface area contributed by atoms with Crippen LogP contribution in [-0.2, 0) is 4.79 Å². The number of allylic oxidation sites excluding steroid dienone is 2. The van der Waals surface area contributed by atoms with Crippen molar-refractivity contribution in [1.82, 2.24) is 5.16 Å². The van der Waals surface area contributed by atoms with Crippen LogP contribution in [0.2, 0.25) is 0 Å². The minimum absolute atomic E-state index is 0.0354. The fourth-order valence-electron chi connectivity index (χ4n) is 4.67. The average Bonchev–Trinajstić information content (AvgIpc) is 3.13. The molecule has 3 aromatic rings. The molecule has 0 bridgehead atoms. The second-order valence-corrected chi connectivity index (χ2v) is 7.82. The Labute approximate surface area is 174 Å². The number of fused-ring (bicyclic) bond motifs is 1. The molecular weight excluding hydrogens is 380 g/mol. The number of aromatic nitrogens is 1. The Morgan fingerprint density at radius 3 is 2.67 bits per heavy atom. The average molecular weight is 402 g/mol. The number of hydrogen-bond donors (Lipinski definition) is 2. The maximum absolute atomic E-state index is 13.5. The number of ether oxygens (including phenoxy) is 1. The second kappa shape index (κ2) is 7.06. The van der Waals surface area contributed by atoms with Crippen LogP contribution >= 0.6 is 0 Å². The number of methoxy groups -OCH3 is 1. The zero-order valence-electron chi connectivity index (χ0n) is 16.8. The van der Waals surface area contributed by atoms with E-state index in [2.05, 4.69) is 10.5 Å². The minimum atomic E-state index is -0.285. The van der Waals surface area contributed by atoms with Gasteiger partial charge in [-0.25, -0.2) is 0 Å². The highest BCUT2D eigenvalue weighted by Crippen LogP contribution is 2.50. The van der Waals surface area contributed by atoms with Gasteiger partial charge in [0.15, 0.2) is 5.78 Å². The molecule has 6 nitrogen and oxygen atoms in total. The Bertz CT molecular complexity index is 1160. The van der Waals surface area contributed by atoms with Crippen molar-refractivity contribution in [3.05, 3.63) is 82.2 Å². The number of benzene rings is 2. The molecule has 0 saturated carbocycles. The van der Waals surface area contributed by atoms with Crippen LogP contribution in [0.1, 0.15) is 47.1 Å². The van der Waals surface area contributed by atoms with Gasteiger partial charge in [-0.3, -0.25) is 4.79 Å². The summed E-state index contributed by atoms with van der Waals surface area (Å²) in [6, 6.07) is 14.9. The number of nitrogens with one attached hydrogen (secondary N) is 1. The standard InChI is InChI=1S/C24H22N2O4/c1-13-21-22(17-5-3-4-6-20(17)29-2)23-18(25-24(21)30-26-13)11-15(12-19(23)28)14-7-9-16(27)10-8-14/h3-10,15,22,25,27H,11-12H2,1-2H3. The summed E-state index contributed by atoms with van der Waals surface area (Å²) in [5.41, 5.74) is 5.22. The number of Topliss-reactive ketones (excluding diaryl/α,β-unsaturated/α-hetero) is 1. The van der Waals surface area contributed by atoms with E-state index < -0.39 is 0 Å². The number of aryl methyl sites for hydroxylation is 1. The SMILES string of the molecule is COc1ccccc1C1C2=C(CC(c3ccc(O)cc3)CC2=O)Nc2onc(C)c21. The van der Waals surface area contributed by atoms with E-state index >= 15 is 0 Å². The number of rotatable bonds is 3. The normalized spacial score (nSPS) is 20.4. The van der Waals surface area contributed by atoms with Gasteiger partial charge in [0.05, 0.1) is 24.3 Å². The Balaban J connectivity index is 1.64.